The molecular formula is C27H27N3O4S4. The fourth-order valence-electron chi connectivity index (χ4n) is 4.56. The molecule has 7 nitrogen and oxygen atoms in total. The number of hydrogen-bond donors (Lipinski definition) is 1. The van der Waals surface area contributed by atoms with E-state index in [0.29, 0.717) is 25.9 Å². The Morgan fingerprint density at radius 2 is 2.11 bits per heavy atom. The number of hydrogen-bond acceptors (Lipinski definition) is 9. The molecule has 11 heteroatoms. The van der Waals surface area contributed by atoms with Crippen LogP contribution >= 0.6 is 45.8 Å². The highest BCUT2D eigenvalue weighted by Crippen LogP contribution is 2.38. The first-order chi connectivity index (χ1) is 18.5. The maximum Gasteiger partial charge on any atom is 0.341 e. The number of aromatic nitrogens is 2. The summed E-state index contributed by atoms with van der Waals surface area (Å²) in [6.45, 7) is 6.14. The van der Waals surface area contributed by atoms with E-state index in [1.165, 1.54) is 34.4 Å². The number of rotatable bonds is 9. The lowest BCUT2D eigenvalue weighted by atomic mass is 10.1. The summed E-state index contributed by atoms with van der Waals surface area (Å²) >= 11 is 5.68. The van der Waals surface area contributed by atoms with Crippen LogP contribution in [0, 0.1) is 0 Å². The van der Waals surface area contributed by atoms with Gasteiger partial charge >= 0.3 is 5.97 Å². The minimum atomic E-state index is -0.388. The topological polar surface area (TPSA) is 90.3 Å². The summed E-state index contributed by atoms with van der Waals surface area (Å²) in [5.41, 5.74) is 2.25. The molecule has 0 radical (unpaired) electrons. The number of fused-ring (bicyclic) bond motifs is 2. The lowest BCUT2D eigenvalue weighted by Gasteiger charge is -2.11. The average Bonchev–Trinajstić information content (AvgIpc) is 3.61. The van der Waals surface area contributed by atoms with Crippen molar-refractivity contribution in [2.24, 2.45) is 0 Å². The Labute approximate surface area is 236 Å². The molecule has 1 aliphatic rings. The summed E-state index contributed by atoms with van der Waals surface area (Å²) in [7, 11) is 0. The van der Waals surface area contributed by atoms with Crippen molar-refractivity contribution in [3.05, 3.63) is 61.9 Å². The molecule has 4 heterocycles. The number of esters is 1. The van der Waals surface area contributed by atoms with Gasteiger partial charge in [-0.15, -0.1) is 40.6 Å². The Balaban J connectivity index is 1.40. The van der Waals surface area contributed by atoms with Gasteiger partial charge in [-0.1, -0.05) is 30.3 Å². The third kappa shape index (κ3) is 5.38. The van der Waals surface area contributed by atoms with E-state index in [4.69, 9.17) is 9.72 Å². The van der Waals surface area contributed by atoms with Crippen LogP contribution in [0.25, 0.3) is 20.7 Å². The number of ether oxygens (including phenoxy) is 1. The van der Waals surface area contributed by atoms with E-state index in [1.807, 2.05) is 22.9 Å². The molecule has 1 aliphatic carbocycles. The van der Waals surface area contributed by atoms with Crippen LogP contribution in [0.1, 0.15) is 47.0 Å². The van der Waals surface area contributed by atoms with Crippen molar-refractivity contribution >= 4 is 72.9 Å². The quantitative estimate of drug-likeness (QED) is 0.0782. The van der Waals surface area contributed by atoms with Crippen molar-refractivity contribution in [2.75, 3.05) is 17.7 Å². The normalized spacial score (nSPS) is 13.2. The van der Waals surface area contributed by atoms with Crippen molar-refractivity contribution in [3.8, 4) is 10.4 Å². The van der Waals surface area contributed by atoms with E-state index in [-0.39, 0.29) is 36.3 Å². The molecule has 0 aromatic carbocycles. The zero-order valence-electron chi connectivity index (χ0n) is 20.9. The Bertz CT molecular complexity index is 1550. The summed E-state index contributed by atoms with van der Waals surface area (Å²) in [5.74, 6) is -0.605. The largest absolute Gasteiger partial charge is 0.462 e. The predicted molar refractivity (Wildman–Crippen MR) is 158 cm³/mol. The fraction of sp³-hybridized carbons (Fsp3) is 0.333. The SMILES string of the molecule is C=CCn1c(SCC(=O)Nc2sc3c(c2C(=O)OCC)CCCCC3)nc2scc(-c3cccs3)c2c1=O. The summed E-state index contributed by atoms with van der Waals surface area (Å²) in [6, 6.07) is 3.95. The third-order valence-electron chi connectivity index (χ3n) is 6.24. The Hall–Kier alpha value is -2.73. The van der Waals surface area contributed by atoms with E-state index in [0.717, 1.165) is 53.0 Å². The highest BCUT2D eigenvalue weighted by molar-refractivity contribution is 7.99. The molecule has 0 atom stereocenters. The van der Waals surface area contributed by atoms with E-state index in [2.05, 4.69) is 11.9 Å². The van der Waals surface area contributed by atoms with Crippen molar-refractivity contribution < 1.29 is 14.3 Å². The van der Waals surface area contributed by atoms with Crippen molar-refractivity contribution in [1.82, 2.24) is 9.55 Å². The highest BCUT2D eigenvalue weighted by atomic mass is 32.2. The molecule has 198 valence electrons. The van der Waals surface area contributed by atoms with Crippen molar-refractivity contribution in [3.63, 3.8) is 0 Å². The van der Waals surface area contributed by atoms with Gasteiger partial charge in [-0.2, -0.15) is 0 Å². The van der Waals surface area contributed by atoms with Crippen LogP contribution in [0.5, 0.6) is 0 Å². The van der Waals surface area contributed by atoms with Crippen LogP contribution in [0.3, 0.4) is 0 Å². The van der Waals surface area contributed by atoms with Crippen LogP contribution in [0.2, 0.25) is 0 Å². The van der Waals surface area contributed by atoms with E-state index >= 15 is 0 Å². The molecule has 0 aliphatic heterocycles. The van der Waals surface area contributed by atoms with Crippen LogP contribution in [-0.4, -0.2) is 33.8 Å². The second-order valence-corrected chi connectivity index (χ2v) is 12.6. The molecule has 0 saturated heterocycles. The monoisotopic (exact) mass is 585 g/mol. The maximum absolute atomic E-state index is 13.5. The molecule has 1 N–H and O–H groups in total. The first-order valence-electron chi connectivity index (χ1n) is 12.4. The van der Waals surface area contributed by atoms with Gasteiger partial charge in [0, 0.05) is 27.2 Å². The lowest BCUT2D eigenvalue weighted by molar-refractivity contribution is -0.113. The summed E-state index contributed by atoms with van der Waals surface area (Å²) in [6.07, 6.45) is 6.60. The standard InChI is InChI=1S/C27H27N3O4S4/c1-3-12-30-25(32)21-17(18-11-8-13-35-18)14-36-23(21)29-27(30)37-15-20(31)28-24-22(26(33)34-4-2)16-9-6-5-7-10-19(16)38-24/h3,8,11,13-14H,1,4-7,9-10,12,15H2,2H3,(H,28,31). The molecular weight excluding hydrogens is 559 g/mol. The molecule has 4 aromatic heterocycles. The van der Waals surface area contributed by atoms with Gasteiger partial charge in [-0.3, -0.25) is 14.2 Å². The van der Waals surface area contributed by atoms with Gasteiger partial charge in [-0.05, 0) is 49.6 Å². The van der Waals surface area contributed by atoms with Crippen LogP contribution in [0.4, 0.5) is 5.00 Å². The Kier molecular flexibility index (Phi) is 8.47. The minimum Gasteiger partial charge on any atom is -0.462 e. The van der Waals surface area contributed by atoms with E-state index in [9.17, 15) is 14.4 Å². The first-order valence-corrected chi connectivity index (χ1v) is 16.0. The number of amides is 1. The number of thioether (sulfide) groups is 1. The van der Waals surface area contributed by atoms with Crippen LogP contribution < -0.4 is 10.9 Å². The zero-order valence-corrected chi connectivity index (χ0v) is 24.2. The molecule has 0 fully saturated rings. The second kappa shape index (κ2) is 12.0. The number of thiophene rings is 3. The molecule has 38 heavy (non-hydrogen) atoms. The summed E-state index contributed by atoms with van der Waals surface area (Å²) < 4.78 is 6.89. The molecule has 1 amide bonds. The molecule has 5 rings (SSSR count). The zero-order chi connectivity index (χ0) is 26.6. The maximum atomic E-state index is 13.5. The van der Waals surface area contributed by atoms with Crippen LogP contribution in [0.15, 0.2) is 45.5 Å². The van der Waals surface area contributed by atoms with Gasteiger partial charge in [0.15, 0.2) is 5.16 Å². The molecule has 0 spiro atoms. The molecule has 0 bridgehead atoms. The van der Waals surface area contributed by atoms with Gasteiger partial charge in [0.05, 0.1) is 23.3 Å². The minimum absolute atomic E-state index is 0.0447. The van der Waals surface area contributed by atoms with Crippen molar-refractivity contribution in [2.45, 2.75) is 50.7 Å². The summed E-state index contributed by atoms with van der Waals surface area (Å²) in [5, 5.41) is 8.49. The number of carbonyl (C=O) groups is 2. The number of allylic oxidation sites excluding steroid dienone is 1. The lowest BCUT2D eigenvalue weighted by Crippen LogP contribution is -2.23. The highest BCUT2D eigenvalue weighted by Gasteiger charge is 2.27. The first kappa shape index (κ1) is 26.9. The molecule has 0 saturated carbocycles. The number of nitrogens with zero attached hydrogens (tertiary/aromatic N) is 2. The van der Waals surface area contributed by atoms with Gasteiger partial charge in [0.25, 0.3) is 5.56 Å². The smallest absolute Gasteiger partial charge is 0.341 e. The van der Waals surface area contributed by atoms with Gasteiger partial charge in [0.2, 0.25) is 5.91 Å². The van der Waals surface area contributed by atoms with Gasteiger partial charge in [-0.25, -0.2) is 9.78 Å². The number of aryl methyl sites for hydroxylation is 1. The third-order valence-corrected chi connectivity index (χ3v) is 10.2. The summed E-state index contributed by atoms with van der Waals surface area (Å²) in [4.78, 5) is 46.9. The van der Waals surface area contributed by atoms with Crippen LogP contribution in [-0.2, 0) is 28.9 Å². The predicted octanol–water partition coefficient (Wildman–Crippen LogP) is 6.61. The average molecular weight is 586 g/mol. The van der Waals surface area contributed by atoms with Crippen molar-refractivity contribution in [1.29, 1.82) is 0 Å². The Morgan fingerprint density at radius 3 is 2.87 bits per heavy atom. The number of nitrogens with one attached hydrogen (secondary N) is 1. The fourth-order valence-corrected chi connectivity index (χ4v) is 8.47. The number of carbonyl (C=O) groups excluding carboxylic acids is 2. The van der Waals surface area contributed by atoms with Gasteiger partial charge < -0.3 is 10.1 Å². The second-order valence-electron chi connectivity index (χ2n) is 8.73. The van der Waals surface area contributed by atoms with E-state index in [1.54, 1.807) is 28.9 Å². The molecule has 4 aromatic rings. The Morgan fingerprint density at radius 1 is 1.26 bits per heavy atom. The van der Waals surface area contributed by atoms with Gasteiger partial charge in [0.1, 0.15) is 9.83 Å². The van der Waals surface area contributed by atoms with E-state index < -0.39 is 0 Å². The number of anilines is 1. The molecule has 0 unspecified atom stereocenters.